The van der Waals surface area contributed by atoms with Crippen molar-refractivity contribution in [3.05, 3.63) is 29.8 Å². The van der Waals surface area contributed by atoms with Crippen molar-refractivity contribution in [3.8, 4) is 5.75 Å². The second-order valence-electron chi connectivity index (χ2n) is 11.6. The summed E-state index contributed by atoms with van der Waals surface area (Å²) in [5.41, 5.74) is 1.97. The molecule has 4 aliphatic carbocycles. The fourth-order valence-electron chi connectivity index (χ4n) is 8.07. The van der Waals surface area contributed by atoms with Crippen molar-refractivity contribution in [2.45, 2.75) is 76.1 Å². The van der Waals surface area contributed by atoms with Gasteiger partial charge in [0.1, 0.15) is 50.3 Å². The summed E-state index contributed by atoms with van der Waals surface area (Å²) in [4.78, 5) is 0. The van der Waals surface area contributed by atoms with Crippen LogP contribution in [0.2, 0.25) is 0 Å². The third-order valence-corrected chi connectivity index (χ3v) is 8.46. The Hall–Kier alpha value is -1.10. The minimum atomic E-state index is -0.463. The maximum Gasteiger partial charge on any atom is 0.137 e. The zero-order chi connectivity index (χ0) is 20.9. The molecule has 166 valence electrons. The molecule has 4 saturated carbocycles. The van der Waals surface area contributed by atoms with E-state index in [2.05, 4.69) is 45.2 Å². The van der Waals surface area contributed by atoms with Crippen LogP contribution < -0.4 is 4.74 Å². The average molecular weight is 415 g/mol. The van der Waals surface area contributed by atoms with E-state index in [1.165, 1.54) is 44.1 Å². The molecular formula is C26H40NO3+. The van der Waals surface area contributed by atoms with Gasteiger partial charge in [-0.25, -0.2) is 0 Å². The van der Waals surface area contributed by atoms with Gasteiger partial charge in [-0.1, -0.05) is 12.1 Å². The number of aliphatic hydroxyl groups excluding tert-OH is 1. The molecule has 4 nitrogen and oxygen atoms in total. The first-order chi connectivity index (χ1) is 14.3. The largest absolute Gasteiger partial charge is 0.491 e. The van der Waals surface area contributed by atoms with Crippen LogP contribution in [0, 0.1) is 17.8 Å². The number of hydrogen-bond acceptors (Lipinski definition) is 3. The molecule has 30 heavy (non-hydrogen) atoms. The van der Waals surface area contributed by atoms with Crippen molar-refractivity contribution >= 4 is 0 Å². The Labute approximate surface area is 182 Å². The third-order valence-electron chi connectivity index (χ3n) is 8.46. The minimum Gasteiger partial charge on any atom is -0.491 e. The quantitative estimate of drug-likeness (QED) is 0.711. The molecule has 0 spiro atoms. The molecule has 5 fully saturated rings. The van der Waals surface area contributed by atoms with Gasteiger partial charge in [0.2, 0.25) is 0 Å². The topological polar surface area (TPSA) is 38.7 Å². The van der Waals surface area contributed by atoms with Crippen LogP contribution in [0.3, 0.4) is 0 Å². The van der Waals surface area contributed by atoms with E-state index in [-0.39, 0.29) is 12.2 Å². The van der Waals surface area contributed by atoms with Crippen LogP contribution in [-0.2, 0) is 10.2 Å². The van der Waals surface area contributed by atoms with Crippen LogP contribution in [0.5, 0.6) is 5.75 Å². The van der Waals surface area contributed by atoms with Gasteiger partial charge in [-0.05, 0) is 93.2 Å². The SMILES string of the molecule is C[C@H]1C[N+](C)(C[C@H](O)COc2ccc(C34CC5CC(CC(C5)C3)C4)cc2)C[C@H](C)O1. The second-order valence-corrected chi connectivity index (χ2v) is 11.6. The van der Waals surface area contributed by atoms with Gasteiger partial charge >= 0.3 is 0 Å². The number of aliphatic hydroxyl groups is 1. The Kier molecular flexibility index (Phi) is 5.40. The molecule has 4 heteroatoms. The fourth-order valence-corrected chi connectivity index (χ4v) is 8.07. The van der Waals surface area contributed by atoms with Gasteiger partial charge < -0.3 is 19.1 Å². The summed E-state index contributed by atoms with van der Waals surface area (Å²) in [5.74, 6) is 3.79. The molecule has 1 aromatic carbocycles. The van der Waals surface area contributed by atoms with Gasteiger partial charge in [0, 0.05) is 0 Å². The van der Waals surface area contributed by atoms with Crippen molar-refractivity contribution in [2.75, 3.05) is 33.3 Å². The van der Waals surface area contributed by atoms with Crippen LogP contribution in [-0.4, -0.2) is 61.2 Å². The van der Waals surface area contributed by atoms with Crippen LogP contribution in [0.1, 0.15) is 57.9 Å². The summed E-state index contributed by atoms with van der Waals surface area (Å²) in [7, 11) is 2.22. The van der Waals surface area contributed by atoms with Crippen LogP contribution in [0.15, 0.2) is 24.3 Å². The predicted molar refractivity (Wildman–Crippen MR) is 119 cm³/mol. The van der Waals surface area contributed by atoms with Crippen molar-refractivity contribution < 1.29 is 19.1 Å². The number of hydrogen-bond donors (Lipinski definition) is 1. The van der Waals surface area contributed by atoms with Crippen LogP contribution in [0.25, 0.3) is 0 Å². The number of benzene rings is 1. The fraction of sp³-hybridized carbons (Fsp3) is 0.769. The first-order valence-electron chi connectivity index (χ1n) is 12.2. The van der Waals surface area contributed by atoms with E-state index in [0.717, 1.165) is 41.1 Å². The van der Waals surface area contributed by atoms with E-state index >= 15 is 0 Å². The van der Waals surface area contributed by atoms with Crippen molar-refractivity contribution in [2.24, 2.45) is 17.8 Å². The lowest BCUT2D eigenvalue weighted by molar-refractivity contribution is -0.926. The second kappa shape index (κ2) is 7.79. The standard InChI is InChI=1S/C26H40NO3/c1-18-14-27(3,15-19(2)30-18)16-24(28)17-29-25-6-4-23(5-7-25)26-11-20-8-21(12-26)10-22(9-20)13-26/h4-7,18-22,24,28H,8-17H2,1-3H3/q+1/t18-,19-,20?,21?,22?,24-,26?/m0/s1. The van der Waals surface area contributed by atoms with E-state index in [0.29, 0.717) is 18.6 Å². The molecule has 0 radical (unpaired) electrons. The number of nitrogens with zero attached hydrogens (tertiary/aromatic N) is 1. The highest BCUT2D eigenvalue weighted by atomic mass is 16.5. The molecule has 0 unspecified atom stereocenters. The maximum atomic E-state index is 10.6. The lowest BCUT2D eigenvalue weighted by Gasteiger charge is -2.57. The van der Waals surface area contributed by atoms with Crippen molar-refractivity contribution in [1.82, 2.24) is 0 Å². The van der Waals surface area contributed by atoms with Gasteiger partial charge in [0.25, 0.3) is 0 Å². The van der Waals surface area contributed by atoms with Gasteiger partial charge in [-0.3, -0.25) is 0 Å². The Balaban J connectivity index is 1.17. The Morgan fingerprint density at radius 3 is 2.07 bits per heavy atom. The average Bonchev–Trinajstić information content (AvgIpc) is 2.64. The van der Waals surface area contributed by atoms with E-state index in [4.69, 9.17) is 9.47 Å². The molecule has 0 aromatic heterocycles. The molecule has 1 aliphatic heterocycles. The van der Waals surface area contributed by atoms with Gasteiger partial charge in [0.15, 0.2) is 0 Å². The highest BCUT2D eigenvalue weighted by Crippen LogP contribution is 2.60. The molecule has 0 amide bonds. The van der Waals surface area contributed by atoms with Gasteiger partial charge in [0.05, 0.1) is 7.05 Å². The summed E-state index contributed by atoms with van der Waals surface area (Å²) in [6, 6.07) is 8.90. The zero-order valence-corrected chi connectivity index (χ0v) is 19.1. The third kappa shape index (κ3) is 4.16. The normalized spacial score (nSPS) is 43.5. The van der Waals surface area contributed by atoms with E-state index in [9.17, 15) is 5.11 Å². The van der Waals surface area contributed by atoms with Crippen LogP contribution >= 0.6 is 0 Å². The number of ether oxygens (including phenoxy) is 2. The van der Waals surface area contributed by atoms with E-state index in [1.807, 2.05) is 0 Å². The number of likely N-dealkylation sites (N-methyl/N-ethyl adjacent to an activating group) is 1. The lowest BCUT2D eigenvalue weighted by atomic mass is 9.48. The molecule has 1 N–H and O–H groups in total. The monoisotopic (exact) mass is 414 g/mol. The van der Waals surface area contributed by atoms with Crippen LogP contribution in [0.4, 0.5) is 0 Å². The summed E-state index contributed by atoms with van der Waals surface area (Å²) in [6.45, 7) is 7.21. The summed E-state index contributed by atoms with van der Waals surface area (Å²) in [5, 5.41) is 10.6. The van der Waals surface area contributed by atoms with Crippen molar-refractivity contribution in [1.29, 1.82) is 0 Å². The van der Waals surface area contributed by atoms with Gasteiger partial charge in [-0.2, -0.15) is 0 Å². The highest BCUT2D eigenvalue weighted by Gasteiger charge is 2.51. The van der Waals surface area contributed by atoms with Gasteiger partial charge in [-0.15, -0.1) is 0 Å². The zero-order valence-electron chi connectivity index (χ0n) is 19.1. The molecule has 1 saturated heterocycles. The van der Waals surface area contributed by atoms with E-state index in [1.54, 1.807) is 0 Å². The van der Waals surface area contributed by atoms with Crippen molar-refractivity contribution in [3.63, 3.8) is 0 Å². The lowest BCUT2D eigenvalue weighted by Crippen LogP contribution is -2.60. The number of rotatable bonds is 6. The Morgan fingerprint density at radius 1 is 1.00 bits per heavy atom. The Bertz CT molecular complexity index is 700. The first kappa shape index (κ1) is 20.8. The number of morpholine rings is 1. The molecule has 6 rings (SSSR count). The molecule has 1 heterocycles. The highest BCUT2D eigenvalue weighted by molar-refractivity contribution is 5.34. The first-order valence-corrected chi connectivity index (χ1v) is 12.2. The molecule has 4 bridgehead atoms. The molecule has 5 aliphatic rings. The molecular weight excluding hydrogens is 374 g/mol. The number of quaternary nitrogens is 1. The minimum absolute atomic E-state index is 0.240. The molecule has 3 atom stereocenters. The summed E-state index contributed by atoms with van der Waals surface area (Å²) < 4.78 is 12.7. The maximum absolute atomic E-state index is 10.6. The summed E-state index contributed by atoms with van der Waals surface area (Å²) in [6.07, 6.45) is 8.67. The predicted octanol–water partition coefficient (Wildman–Crippen LogP) is 4.15. The smallest absolute Gasteiger partial charge is 0.137 e. The summed E-state index contributed by atoms with van der Waals surface area (Å²) >= 11 is 0. The van der Waals surface area contributed by atoms with E-state index < -0.39 is 6.10 Å². The molecule has 1 aromatic rings. The Morgan fingerprint density at radius 2 is 1.53 bits per heavy atom.